The molecule has 0 radical (unpaired) electrons. The minimum atomic E-state index is 0.107. The van der Waals surface area contributed by atoms with E-state index in [1.807, 2.05) is 18.7 Å². The van der Waals surface area contributed by atoms with Crippen molar-refractivity contribution in [1.82, 2.24) is 15.1 Å². The molecular weight excluding hydrogens is 310 g/mol. The molecule has 0 aromatic carbocycles. The van der Waals surface area contributed by atoms with Gasteiger partial charge in [-0.05, 0) is 29.4 Å². The highest BCUT2D eigenvalue weighted by atomic mass is 79.9. The van der Waals surface area contributed by atoms with Gasteiger partial charge in [-0.2, -0.15) is 5.10 Å². The van der Waals surface area contributed by atoms with Crippen LogP contribution in [0.4, 0.5) is 0 Å². The summed E-state index contributed by atoms with van der Waals surface area (Å²) in [6.45, 7) is 7.07. The summed E-state index contributed by atoms with van der Waals surface area (Å²) < 4.78 is 14.4. The highest BCUT2D eigenvalue weighted by Crippen LogP contribution is 2.23. The number of nitrogens with one attached hydrogen (secondary N) is 1. The van der Waals surface area contributed by atoms with Crippen LogP contribution in [0.25, 0.3) is 0 Å². The van der Waals surface area contributed by atoms with E-state index in [0.717, 1.165) is 23.1 Å². The van der Waals surface area contributed by atoms with Crippen molar-refractivity contribution in [2.45, 2.75) is 32.4 Å². The number of aryl methyl sites for hydroxylation is 2. The van der Waals surface area contributed by atoms with E-state index >= 15 is 0 Å². The van der Waals surface area contributed by atoms with E-state index in [9.17, 15) is 0 Å². The Balaban J connectivity index is 2.11. The molecule has 0 spiro atoms. The molecule has 1 fully saturated rings. The van der Waals surface area contributed by atoms with Gasteiger partial charge in [-0.25, -0.2) is 0 Å². The molecule has 1 aromatic rings. The zero-order chi connectivity index (χ0) is 13.8. The molecule has 2 heterocycles. The minimum Gasteiger partial charge on any atom is -0.376 e. The van der Waals surface area contributed by atoms with E-state index in [1.165, 1.54) is 5.69 Å². The summed E-state index contributed by atoms with van der Waals surface area (Å²) >= 11 is 3.62. The summed E-state index contributed by atoms with van der Waals surface area (Å²) in [5.74, 6) is 0. The van der Waals surface area contributed by atoms with Crippen molar-refractivity contribution in [3.63, 3.8) is 0 Å². The van der Waals surface area contributed by atoms with Crippen molar-refractivity contribution >= 4 is 15.9 Å². The molecule has 108 valence electrons. The predicted molar refractivity (Wildman–Crippen MR) is 77.4 cm³/mol. The number of likely N-dealkylation sites (N-methyl/N-ethyl adjacent to an activating group) is 1. The molecule has 2 atom stereocenters. The lowest BCUT2D eigenvalue weighted by molar-refractivity contribution is -0.101. The second-order valence-corrected chi connectivity index (χ2v) is 5.62. The van der Waals surface area contributed by atoms with Crippen molar-refractivity contribution in [3.05, 3.63) is 15.9 Å². The first-order chi connectivity index (χ1) is 9.13. The van der Waals surface area contributed by atoms with Gasteiger partial charge in [0.25, 0.3) is 0 Å². The summed E-state index contributed by atoms with van der Waals surface area (Å²) in [6, 6.07) is 0.247. The van der Waals surface area contributed by atoms with Crippen LogP contribution in [-0.2, 0) is 22.9 Å². The van der Waals surface area contributed by atoms with Gasteiger partial charge in [-0.1, -0.05) is 6.92 Å². The van der Waals surface area contributed by atoms with Crippen LogP contribution in [0.3, 0.4) is 0 Å². The first-order valence-corrected chi connectivity index (χ1v) is 7.53. The SMILES string of the molecule is CCNC(Cc1c(Br)c(C)nn1C)C1COCCO1. The highest BCUT2D eigenvalue weighted by molar-refractivity contribution is 9.10. The zero-order valence-electron chi connectivity index (χ0n) is 11.8. The Morgan fingerprint density at radius 1 is 1.53 bits per heavy atom. The molecule has 1 N–H and O–H groups in total. The normalized spacial score (nSPS) is 21.6. The highest BCUT2D eigenvalue weighted by Gasteiger charge is 2.26. The Labute approximate surface area is 122 Å². The van der Waals surface area contributed by atoms with Crippen molar-refractivity contribution in [2.24, 2.45) is 7.05 Å². The average molecular weight is 332 g/mol. The molecule has 1 aliphatic heterocycles. The molecule has 1 aliphatic rings. The van der Waals surface area contributed by atoms with E-state index < -0.39 is 0 Å². The molecule has 0 saturated carbocycles. The number of aromatic nitrogens is 2. The van der Waals surface area contributed by atoms with Crippen LogP contribution in [0.15, 0.2) is 4.47 Å². The molecule has 5 nitrogen and oxygen atoms in total. The van der Waals surface area contributed by atoms with E-state index in [4.69, 9.17) is 9.47 Å². The second kappa shape index (κ2) is 6.83. The van der Waals surface area contributed by atoms with Gasteiger partial charge >= 0.3 is 0 Å². The van der Waals surface area contributed by atoms with E-state index in [2.05, 4.69) is 33.3 Å². The van der Waals surface area contributed by atoms with Crippen LogP contribution in [0.5, 0.6) is 0 Å². The Hall–Kier alpha value is -0.430. The van der Waals surface area contributed by atoms with E-state index in [0.29, 0.717) is 19.8 Å². The standard InChI is InChI=1S/C13H22BrN3O2/c1-4-15-10(12-8-18-5-6-19-12)7-11-13(14)9(2)16-17(11)3/h10,12,15H,4-8H2,1-3H3. The molecule has 2 rings (SSSR count). The summed E-state index contributed by atoms with van der Waals surface area (Å²) in [7, 11) is 1.98. The monoisotopic (exact) mass is 331 g/mol. The largest absolute Gasteiger partial charge is 0.376 e. The third kappa shape index (κ3) is 3.56. The number of nitrogens with zero attached hydrogens (tertiary/aromatic N) is 2. The summed E-state index contributed by atoms with van der Waals surface area (Å²) in [5.41, 5.74) is 2.21. The van der Waals surface area contributed by atoms with Crippen LogP contribution in [0.1, 0.15) is 18.3 Å². The maximum absolute atomic E-state index is 5.82. The number of rotatable bonds is 5. The minimum absolute atomic E-state index is 0.107. The Kier molecular flexibility index (Phi) is 5.38. The van der Waals surface area contributed by atoms with E-state index in [1.54, 1.807) is 0 Å². The molecule has 1 aromatic heterocycles. The third-order valence-electron chi connectivity index (χ3n) is 3.43. The lowest BCUT2D eigenvalue weighted by atomic mass is 10.0. The summed E-state index contributed by atoms with van der Waals surface area (Å²) in [5, 5.41) is 7.94. The Morgan fingerprint density at radius 3 is 2.84 bits per heavy atom. The maximum Gasteiger partial charge on any atom is 0.0965 e. The second-order valence-electron chi connectivity index (χ2n) is 4.82. The van der Waals surface area contributed by atoms with Crippen LogP contribution in [-0.4, -0.2) is 48.3 Å². The number of halogens is 1. The molecule has 2 unspecified atom stereocenters. The molecule has 1 saturated heterocycles. The van der Waals surface area contributed by atoms with Gasteiger partial charge in [-0.3, -0.25) is 4.68 Å². The molecule has 6 heteroatoms. The first-order valence-electron chi connectivity index (χ1n) is 6.74. The molecule has 0 amide bonds. The fraction of sp³-hybridized carbons (Fsp3) is 0.769. The number of hydrogen-bond donors (Lipinski definition) is 1. The molecule has 0 aliphatic carbocycles. The van der Waals surface area contributed by atoms with Crippen molar-refractivity contribution < 1.29 is 9.47 Å². The van der Waals surface area contributed by atoms with Gasteiger partial charge in [0.1, 0.15) is 0 Å². The predicted octanol–water partition coefficient (Wildman–Crippen LogP) is 1.43. The lowest BCUT2D eigenvalue weighted by Crippen LogP contribution is -2.48. The summed E-state index contributed by atoms with van der Waals surface area (Å²) in [6.07, 6.45) is 0.982. The fourth-order valence-corrected chi connectivity index (χ4v) is 2.94. The van der Waals surface area contributed by atoms with Gasteiger partial charge in [0.05, 0.1) is 41.8 Å². The topological polar surface area (TPSA) is 48.3 Å². The fourth-order valence-electron chi connectivity index (χ4n) is 2.45. The van der Waals surface area contributed by atoms with Gasteiger partial charge in [0.2, 0.25) is 0 Å². The van der Waals surface area contributed by atoms with Crippen LogP contribution in [0, 0.1) is 6.92 Å². The van der Waals surface area contributed by atoms with Crippen molar-refractivity contribution in [2.75, 3.05) is 26.4 Å². The Bertz CT molecular complexity index is 416. The first kappa shape index (κ1) is 15.0. The zero-order valence-corrected chi connectivity index (χ0v) is 13.4. The smallest absolute Gasteiger partial charge is 0.0965 e. The number of ether oxygens (including phenoxy) is 2. The van der Waals surface area contributed by atoms with Gasteiger partial charge < -0.3 is 14.8 Å². The molecular formula is C13H22BrN3O2. The van der Waals surface area contributed by atoms with Crippen molar-refractivity contribution in [1.29, 1.82) is 0 Å². The summed E-state index contributed by atoms with van der Waals surface area (Å²) in [4.78, 5) is 0. The van der Waals surface area contributed by atoms with Crippen molar-refractivity contribution in [3.8, 4) is 0 Å². The van der Waals surface area contributed by atoms with Gasteiger partial charge in [0.15, 0.2) is 0 Å². The maximum atomic E-state index is 5.82. The van der Waals surface area contributed by atoms with Gasteiger partial charge in [-0.15, -0.1) is 0 Å². The molecule has 19 heavy (non-hydrogen) atoms. The number of hydrogen-bond acceptors (Lipinski definition) is 4. The van der Waals surface area contributed by atoms with Gasteiger partial charge in [0, 0.05) is 19.5 Å². The Morgan fingerprint density at radius 2 is 2.32 bits per heavy atom. The van der Waals surface area contributed by atoms with Crippen LogP contribution in [0.2, 0.25) is 0 Å². The van der Waals surface area contributed by atoms with E-state index in [-0.39, 0.29) is 12.1 Å². The lowest BCUT2D eigenvalue weighted by Gasteiger charge is -2.31. The molecule has 0 bridgehead atoms. The average Bonchev–Trinajstić information content (AvgIpc) is 2.65. The third-order valence-corrected chi connectivity index (χ3v) is 4.46. The quantitative estimate of drug-likeness (QED) is 0.886. The van der Waals surface area contributed by atoms with Crippen LogP contribution >= 0.6 is 15.9 Å². The van der Waals surface area contributed by atoms with Crippen LogP contribution < -0.4 is 5.32 Å².